The lowest BCUT2D eigenvalue weighted by Crippen LogP contribution is -2.40. The molecule has 4 N–H and O–H groups in total. The molecule has 2 amide bonds. The van der Waals surface area contributed by atoms with Crippen LogP contribution < -0.4 is 10.9 Å². The molecule has 0 aliphatic rings. The first-order chi connectivity index (χ1) is 13.1. The van der Waals surface area contributed by atoms with Gasteiger partial charge in [0.1, 0.15) is 5.56 Å². The molecule has 1 atom stereocenters. The molecule has 10 nitrogen and oxygen atoms in total. The first kappa shape index (κ1) is 23.1. The van der Waals surface area contributed by atoms with Gasteiger partial charge in [0.25, 0.3) is 0 Å². The van der Waals surface area contributed by atoms with Gasteiger partial charge in [-0.2, -0.15) is 13.2 Å². The molecule has 0 bridgehead atoms. The smallest absolute Gasteiger partial charge is 0.434 e. The van der Waals surface area contributed by atoms with Crippen molar-refractivity contribution in [2.45, 2.75) is 38.8 Å². The average Bonchev–Trinajstić information content (AvgIpc) is 2.64. The largest absolute Gasteiger partial charge is 0.478 e. The Morgan fingerprint density at radius 1 is 1.36 bits per heavy atom. The number of carbonyl (C=O) groups excluding carboxylic acids is 2. The number of hydrogen-bond acceptors (Lipinski definition) is 7. The van der Waals surface area contributed by atoms with Gasteiger partial charge >= 0.3 is 12.1 Å². The zero-order valence-electron chi connectivity index (χ0n) is 14.9. The van der Waals surface area contributed by atoms with Crippen molar-refractivity contribution in [3.63, 3.8) is 0 Å². The van der Waals surface area contributed by atoms with Crippen LogP contribution in [-0.4, -0.2) is 50.2 Å². The summed E-state index contributed by atoms with van der Waals surface area (Å²) in [7, 11) is 0. The number of anilines is 1. The number of amides is 2. The molecule has 13 heteroatoms. The maximum Gasteiger partial charge on any atom is 0.434 e. The van der Waals surface area contributed by atoms with Crippen LogP contribution in [0.4, 0.5) is 19.1 Å². The van der Waals surface area contributed by atoms with Gasteiger partial charge in [0.2, 0.25) is 18.3 Å². The van der Waals surface area contributed by atoms with Gasteiger partial charge in [-0.15, -0.1) is 0 Å². The lowest BCUT2D eigenvalue weighted by Gasteiger charge is -2.20. The van der Waals surface area contributed by atoms with Gasteiger partial charge in [-0.05, 0) is 6.42 Å². The van der Waals surface area contributed by atoms with Crippen LogP contribution in [-0.2, 0) is 15.8 Å². The number of hydrogen-bond donors (Lipinski definition) is 4. The minimum absolute atomic E-state index is 0.122. The van der Waals surface area contributed by atoms with E-state index in [4.69, 9.17) is 5.11 Å². The second kappa shape index (κ2) is 10.4. The molecule has 0 unspecified atom stereocenters. The monoisotopic (exact) mass is 407 g/mol. The number of carboxylic acids is 1. The molecule has 0 saturated carbocycles. The van der Waals surface area contributed by atoms with E-state index < -0.39 is 41.2 Å². The summed E-state index contributed by atoms with van der Waals surface area (Å²) in [4.78, 5) is 40.1. The van der Waals surface area contributed by atoms with E-state index in [0.717, 1.165) is 12.8 Å². The molecule has 0 fully saturated rings. The van der Waals surface area contributed by atoms with E-state index in [9.17, 15) is 32.8 Å². The molecular formula is C15H20F3N5O5. The maximum atomic E-state index is 12.9. The van der Waals surface area contributed by atoms with E-state index in [-0.39, 0.29) is 18.0 Å². The Morgan fingerprint density at radius 3 is 2.57 bits per heavy atom. The quantitative estimate of drug-likeness (QED) is 0.188. The first-order valence-electron chi connectivity index (χ1n) is 8.24. The minimum atomic E-state index is -5.04. The molecule has 0 aliphatic carbocycles. The Hall–Kier alpha value is -2.96. The van der Waals surface area contributed by atoms with Crippen molar-refractivity contribution in [1.82, 2.24) is 20.5 Å². The molecule has 0 radical (unpaired) electrons. The molecule has 1 aromatic heterocycles. The van der Waals surface area contributed by atoms with Crippen LogP contribution in [0.1, 0.15) is 48.7 Å². The number of halogens is 3. The van der Waals surface area contributed by atoms with Crippen LogP contribution in [0.3, 0.4) is 0 Å². The molecule has 0 aromatic carbocycles. The fourth-order valence-electron chi connectivity index (χ4n) is 2.25. The first-order valence-corrected chi connectivity index (χ1v) is 8.24. The topological polar surface area (TPSA) is 145 Å². The molecule has 1 aromatic rings. The van der Waals surface area contributed by atoms with E-state index in [1.165, 1.54) is 0 Å². The fourth-order valence-corrected chi connectivity index (χ4v) is 2.25. The van der Waals surface area contributed by atoms with Crippen LogP contribution >= 0.6 is 0 Å². The van der Waals surface area contributed by atoms with Crippen molar-refractivity contribution in [2.24, 2.45) is 5.92 Å². The van der Waals surface area contributed by atoms with Crippen LogP contribution in [0.25, 0.3) is 0 Å². The van der Waals surface area contributed by atoms with Crippen LogP contribution in [0.2, 0.25) is 0 Å². The highest BCUT2D eigenvalue weighted by atomic mass is 19.4. The zero-order chi connectivity index (χ0) is 21.3. The number of aromatic nitrogens is 2. The Balaban J connectivity index is 2.87. The highest BCUT2D eigenvalue weighted by Gasteiger charge is 2.38. The van der Waals surface area contributed by atoms with Crippen LogP contribution in [0.15, 0.2) is 6.20 Å². The van der Waals surface area contributed by atoms with Crippen molar-refractivity contribution < 1.29 is 37.9 Å². The third kappa shape index (κ3) is 6.98. The number of carboxylic acid groups (broad SMARTS) is 1. The number of rotatable bonds is 11. The van der Waals surface area contributed by atoms with Gasteiger partial charge in [0, 0.05) is 6.20 Å². The van der Waals surface area contributed by atoms with E-state index in [1.54, 1.807) is 0 Å². The highest BCUT2D eigenvalue weighted by Crippen LogP contribution is 2.30. The lowest BCUT2D eigenvalue weighted by atomic mass is 10.0. The van der Waals surface area contributed by atoms with Gasteiger partial charge in [0.05, 0.1) is 12.5 Å². The number of unbranched alkanes of at least 4 members (excludes halogenated alkanes) is 2. The average molecular weight is 407 g/mol. The number of hydrazine groups is 1. The fraction of sp³-hybridized carbons (Fsp3) is 0.533. The SMILES string of the molecule is CCCCC[C@H](CN(O)C=O)C(=O)NNc1ncc(C(=O)O)c(C(F)(F)F)n1. The molecule has 156 valence electrons. The third-order valence-corrected chi connectivity index (χ3v) is 3.64. The van der Waals surface area contributed by atoms with Crippen molar-refractivity contribution in [3.8, 4) is 0 Å². The third-order valence-electron chi connectivity index (χ3n) is 3.64. The summed E-state index contributed by atoms with van der Waals surface area (Å²) in [5.41, 5.74) is 1.37. The Labute approximate surface area is 157 Å². The normalized spacial score (nSPS) is 12.2. The summed E-state index contributed by atoms with van der Waals surface area (Å²) in [6.45, 7) is 1.63. The molecule has 0 spiro atoms. The second-order valence-electron chi connectivity index (χ2n) is 5.79. The molecule has 0 aliphatic heterocycles. The van der Waals surface area contributed by atoms with Crippen molar-refractivity contribution in [1.29, 1.82) is 0 Å². The minimum Gasteiger partial charge on any atom is -0.478 e. The van der Waals surface area contributed by atoms with Gasteiger partial charge in [0.15, 0.2) is 5.69 Å². The standard InChI is InChI=1S/C15H20F3N5O5/c1-2-3-4-5-9(7-23(28)8-24)12(25)21-22-14-19-6-10(13(26)27)11(20-14)15(16,17)18/h6,8-9,28H,2-5,7H2,1H3,(H,21,25)(H,26,27)(H,19,20,22)/t9-/m1/s1. The van der Waals surface area contributed by atoms with Crippen molar-refractivity contribution in [3.05, 3.63) is 17.5 Å². The predicted octanol–water partition coefficient (Wildman–Crippen LogP) is 1.68. The van der Waals surface area contributed by atoms with E-state index in [2.05, 4.69) is 20.8 Å². The summed E-state index contributed by atoms with van der Waals surface area (Å²) >= 11 is 0. The van der Waals surface area contributed by atoms with Gasteiger partial charge in [-0.25, -0.2) is 19.8 Å². The lowest BCUT2D eigenvalue weighted by molar-refractivity contribution is -0.154. The molecule has 1 heterocycles. The number of alkyl halides is 3. The van der Waals surface area contributed by atoms with Crippen molar-refractivity contribution in [2.75, 3.05) is 12.0 Å². The number of aromatic carboxylic acids is 1. The van der Waals surface area contributed by atoms with E-state index in [0.29, 0.717) is 19.0 Å². The van der Waals surface area contributed by atoms with Gasteiger partial charge in [-0.3, -0.25) is 25.6 Å². The zero-order valence-corrected chi connectivity index (χ0v) is 14.9. The Kier molecular flexibility index (Phi) is 8.57. The molecule has 28 heavy (non-hydrogen) atoms. The number of nitrogens with zero attached hydrogens (tertiary/aromatic N) is 3. The summed E-state index contributed by atoms with van der Waals surface area (Å²) in [6, 6.07) is 0. The van der Waals surface area contributed by atoms with Gasteiger partial charge < -0.3 is 5.11 Å². The number of hydroxylamine groups is 2. The van der Waals surface area contributed by atoms with Crippen LogP contribution in [0, 0.1) is 5.92 Å². The van der Waals surface area contributed by atoms with Crippen molar-refractivity contribution >= 4 is 24.2 Å². The van der Waals surface area contributed by atoms with E-state index >= 15 is 0 Å². The predicted molar refractivity (Wildman–Crippen MR) is 87.9 cm³/mol. The number of nitrogens with one attached hydrogen (secondary N) is 2. The molecule has 1 rings (SSSR count). The Morgan fingerprint density at radius 2 is 2.04 bits per heavy atom. The summed E-state index contributed by atoms with van der Waals surface area (Å²) in [5, 5.41) is 18.4. The molecular weight excluding hydrogens is 387 g/mol. The van der Waals surface area contributed by atoms with E-state index in [1.807, 2.05) is 6.92 Å². The summed E-state index contributed by atoms with van der Waals surface area (Å²) in [6.07, 6.45) is -1.83. The maximum absolute atomic E-state index is 12.9. The Bertz CT molecular complexity index is 701. The highest BCUT2D eigenvalue weighted by molar-refractivity contribution is 5.88. The van der Waals surface area contributed by atoms with Crippen LogP contribution in [0.5, 0.6) is 0 Å². The second-order valence-corrected chi connectivity index (χ2v) is 5.79. The molecule has 0 saturated heterocycles. The number of carbonyl (C=O) groups is 3. The van der Waals surface area contributed by atoms with Gasteiger partial charge in [-0.1, -0.05) is 26.2 Å². The summed E-state index contributed by atoms with van der Waals surface area (Å²) < 4.78 is 38.8. The summed E-state index contributed by atoms with van der Waals surface area (Å²) in [5.74, 6) is -4.07.